The molecule has 8 nitrogen and oxygen atoms in total. The summed E-state index contributed by atoms with van der Waals surface area (Å²) in [6.07, 6.45) is -4.20. The lowest BCUT2D eigenvalue weighted by Gasteiger charge is -2.35. The Morgan fingerprint density at radius 3 is 2.19 bits per heavy atom. The van der Waals surface area contributed by atoms with E-state index >= 15 is 0 Å². The molecule has 0 N–H and O–H groups in total. The second-order valence-electron chi connectivity index (χ2n) is 7.68. The lowest BCUT2D eigenvalue weighted by atomic mass is 9.94. The number of carbonyl (C=O) groups excluding carboxylic acids is 2. The molecule has 172 valence electrons. The number of hydrogen-bond donors (Lipinski definition) is 0. The normalized spacial score (nSPS) is 18.1. The van der Waals surface area contributed by atoms with E-state index in [2.05, 4.69) is 10.3 Å². The van der Waals surface area contributed by atoms with Crippen molar-refractivity contribution < 1.29 is 31.9 Å². The van der Waals surface area contributed by atoms with Crippen LogP contribution in [0.1, 0.15) is 29.0 Å². The van der Waals surface area contributed by atoms with Crippen LogP contribution in [0.3, 0.4) is 0 Å². The number of aromatic nitrogens is 3. The number of amides is 2. The largest absolute Gasteiger partial charge is 0.435 e. The maximum atomic E-state index is 13.8. The molecule has 0 aliphatic carbocycles. The van der Waals surface area contributed by atoms with Gasteiger partial charge in [0.2, 0.25) is 5.91 Å². The van der Waals surface area contributed by atoms with Crippen molar-refractivity contribution in [1.82, 2.24) is 24.8 Å². The average Bonchev–Trinajstić information content (AvgIpc) is 3.25. The van der Waals surface area contributed by atoms with E-state index in [-0.39, 0.29) is 30.6 Å². The number of likely N-dealkylation sites (tertiary alicyclic amines) is 1. The molecule has 2 aromatic rings. The molecular weight excluding hydrogens is 434 g/mol. The van der Waals surface area contributed by atoms with E-state index in [1.807, 2.05) is 0 Å². The van der Waals surface area contributed by atoms with Gasteiger partial charge in [-0.2, -0.15) is 13.2 Å². The molecule has 32 heavy (non-hydrogen) atoms. The smallest absolute Gasteiger partial charge is 0.378 e. The molecule has 0 spiro atoms. The number of rotatable bonds is 3. The SMILES string of the molecule is O=C(c1nnn(-c2ccc(F)cc2)c1C(F)(F)F)N1CCC(C(=O)N2CCOCC2)CC1. The van der Waals surface area contributed by atoms with Crippen LogP contribution < -0.4 is 0 Å². The van der Waals surface area contributed by atoms with Crippen LogP contribution in [0.2, 0.25) is 0 Å². The van der Waals surface area contributed by atoms with E-state index in [1.54, 1.807) is 4.90 Å². The van der Waals surface area contributed by atoms with Gasteiger partial charge in [0.15, 0.2) is 11.4 Å². The zero-order valence-corrected chi connectivity index (χ0v) is 17.0. The van der Waals surface area contributed by atoms with Gasteiger partial charge in [0.25, 0.3) is 5.91 Å². The number of benzene rings is 1. The van der Waals surface area contributed by atoms with Crippen LogP contribution in [0.4, 0.5) is 17.6 Å². The summed E-state index contributed by atoms with van der Waals surface area (Å²) in [5.74, 6) is -1.82. The van der Waals surface area contributed by atoms with E-state index in [1.165, 1.54) is 4.90 Å². The van der Waals surface area contributed by atoms with Crippen molar-refractivity contribution in [3.05, 3.63) is 41.5 Å². The fraction of sp³-hybridized carbons (Fsp3) is 0.500. The molecule has 1 aromatic heterocycles. The first kappa shape index (κ1) is 22.2. The van der Waals surface area contributed by atoms with Crippen molar-refractivity contribution in [3.8, 4) is 5.69 Å². The van der Waals surface area contributed by atoms with Gasteiger partial charge >= 0.3 is 6.18 Å². The Morgan fingerprint density at radius 2 is 1.59 bits per heavy atom. The minimum Gasteiger partial charge on any atom is -0.378 e. The highest BCUT2D eigenvalue weighted by Crippen LogP contribution is 2.34. The molecule has 0 radical (unpaired) electrons. The number of nitrogens with zero attached hydrogens (tertiary/aromatic N) is 5. The molecule has 0 unspecified atom stereocenters. The van der Waals surface area contributed by atoms with Crippen molar-refractivity contribution in [2.75, 3.05) is 39.4 Å². The molecule has 0 bridgehead atoms. The van der Waals surface area contributed by atoms with Crippen LogP contribution >= 0.6 is 0 Å². The van der Waals surface area contributed by atoms with Crippen molar-refractivity contribution in [2.45, 2.75) is 19.0 Å². The zero-order valence-electron chi connectivity index (χ0n) is 17.0. The first-order chi connectivity index (χ1) is 15.3. The van der Waals surface area contributed by atoms with Gasteiger partial charge in [0.1, 0.15) is 5.82 Å². The number of carbonyl (C=O) groups is 2. The Morgan fingerprint density at radius 1 is 0.969 bits per heavy atom. The zero-order chi connectivity index (χ0) is 22.9. The summed E-state index contributed by atoms with van der Waals surface area (Å²) in [5.41, 5.74) is -2.21. The molecular formula is C20H21F4N5O3. The number of ether oxygens (including phenoxy) is 1. The lowest BCUT2D eigenvalue weighted by Crippen LogP contribution is -2.47. The van der Waals surface area contributed by atoms with Crippen LogP contribution in [0.5, 0.6) is 0 Å². The van der Waals surface area contributed by atoms with Gasteiger partial charge in [0.05, 0.1) is 18.9 Å². The summed E-state index contributed by atoms with van der Waals surface area (Å²) in [4.78, 5) is 28.5. The summed E-state index contributed by atoms with van der Waals surface area (Å²) in [6, 6.07) is 4.23. The third kappa shape index (κ3) is 4.45. The molecule has 4 rings (SSSR count). The monoisotopic (exact) mass is 455 g/mol. The molecule has 2 aliphatic heterocycles. The molecule has 2 amide bonds. The molecule has 1 aromatic carbocycles. The summed E-state index contributed by atoms with van der Waals surface area (Å²) in [5, 5.41) is 7.01. The Bertz CT molecular complexity index is 978. The topological polar surface area (TPSA) is 80.6 Å². The first-order valence-electron chi connectivity index (χ1n) is 10.2. The van der Waals surface area contributed by atoms with Gasteiger partial charge in [0, 0.05) is 32.1 Å². The summed E-state index contributed by atoms with van der Waals surface area (Å²) in [6.45, 7) is 2.26. The highest BCUT2D eigenvalue weighted by atomic mass is 19.4. The predicted octanol–water partition coefficient (Wildman–Crippen LogP) is 2.14. The molecule has 0 atom stereocenters. The number of piperidine rings is 1. The van der Waals surface area contributed by atoms with Gasteiger partial charge in [-0.25, -0.2) is 9.07 Å². The number of halogens is 4. The van der Waals surface area contributed by atoms with Crippen LogP contribution in [0, 0.1) is 11.7 Å². The van der Waals surface area contributed by atoms with Gasteiger partial charge in [-0.1, -0.05) is 5.21 Å². The number of morpholine rings is 1. The predicted molar refractivity (Wildman–Crippen MR) is 102 cm³/mol. The third-order valence-electron chi connectivity index (χ3n) is 5.67. The minimum absolute atomic E-state index is 0.0152. The molecule has 2 fully saturated rings. The first-order valence-corrected chi connectivity index (χ1v) is 10.2. The lowest BCUT2D eigenvalue weighted by molar-refractivity contribution is -0.143. The fourth-order valence-electron chi connectivity index (χ4n) is 3.96. The molecule has 12 heteroatoms. The van der Waals surface area contributed by atoms with E-state index in [0.29, 0.717) is 43.8 Å². The third-order valence-corrected chi connectivity index (χ3v) is 5.67. The second kappa shape index (κ2) is 8.85. The molecule has 2 aliphatic rings. The van der Waals surface area contributed by atoms with E-state index < -0.39 is 29.3 Å². The molecule has 2 saturated heterocycles. The van der Waals surface area contributed by atoms with Crippen molar-refractivity contribution in [3.63, 3.8) is 0 Å². The Balaban J connectivity index is 1.50. The highest BCUT2D eigenvalue weighted by Gasteiger charge is 2.43. The quantitative estimate of drug-likeness (QED) is 0.663. The standard InChI is InChI=1S/C20H21F4N5O3/c21-14-1-3-15(4-2-14)29-17(20(22,23)24)16(25-26-29)19(31)27-7-5-13(6-8-27)18(30)28-9-11-32-12-10-28/h1-4,13H,5-12H2. The van der Waals surface area contributed by atoms with Crippen LogP contribution in [-0.2, 0) is 15.7 Å². The van der Waals surface area contributed by atoms with Crippen molar-refractivity contribution in [1.29, 1.82) is 0 Å². The minimum atomic E-state index is -4.91. The van der Waals surface area contributed by atoms with Gasteiger partial charge in [-0.15, -0.1) is 5.10 Å². The Hall–Kier alpha value is -3.02. The fourth-order valence-corrected chi connectivity index (χ4v) is 3.96. The average molecular weight is 455 g/mol. The molecule has 3 heterocycles. The number of alkyl halides is 3. The maximum absolute atomic E-state index is 13.8. The van der Waals surface area contributed by atoms with Gasteiger partial charge < -0.3 is 14.5 Å². The van der Waals surface area contributed by atoms with Gasteiger partial charge in [-0.3, -0.25) is 9.59 Å². The summed E-state index contributed by atoms with van der Waals surface area (Å²) in [7, 11) is 0. The Labute approximate surface area is 180 Å². The maximum Gasteiger partial charge on any atom is 0.435 e. The molecule has 0 saturated carbocycles. The van der Waals surface area contributed by atoms with E-state index in [9.17, 15) is 27.2 Å². The van der Waals surface area contributed by atoms with Crippen LogP contribution in [0.25, 0.3) is 5.69 Å². The Kier molecular flexibility index (Phi) is 6.13. The number of hydrogen-bond acceptors (Lipinski definition) is 5. The summed E-state index contributed by atoms with van der Waals surface area (Å²) >= 11 is 0. The summed E-state index contributed by atoms with van der Waals surface area (Å²) < 4.78 is 60.3. The van der Waals surface area contributed by atoms with Crippen LogP contribution in [-0.4, -0.2) is 76.0 Å². The van der Waals surface area contributed by atoms with Crippen molar-refractivity contribution in [2.24, 2.45) is 5.92 Å². The van der Waals surface area contributed by atoms with Crippen molar-refractivity contribution >= 4 is 11.8 Å². The van der Waals surface area contributed by atoms with E-state index in [0.717, 1.165) is 24.3 Å². The van der Waals surface area contributed by atoms with Gasteiger partial charge in [-0.05, 0) is 37.1 Å². The van der Waals surface area contributed by atoms with E-state index in [4.69, 9.17) is 4.74 Å². The highest BCUT2D eigenvalue weighted by molar-refractivity contribution is 5.94. The van der Waals surface area contributed by atoms with Crippen LogP contribution in [0.15, 0.2) is 24.3 Å². The second-order valence-corrected chi connectivity index (χ2v) is 7.68.